The minimum atomic E-state index is -4.66. The first-order chi connectivity index (χ1) is 10.8. The molecule has 1 aromatic rings. The number of hydrogen-bond acceptors (Lipinski definition) is 2. The van der Waals surface area contributed by atoms with Crippen molar-refractivity contribution >= 4 is 5.69 Å². The molecule has 2 nitrogen and oxygen atoms in total. The third kappa shape index (κ3) is 5.05. The zero-order valence-corrected chi connectivity index (χ0v) is 14.1. The number of benzene rings is 1. The summed E-state index contributed by atoms with van der Waals surface area (Å²) in [6, 6.07) is 5.22. The normalized spacial score (nSPS) is 16.9. The molecule has 0 radical (unpaired) electrons. The number of halogens is 3. The Balaban J connectivity index is 2.16. The number of nitrogens with zero attached hydrogens (tertiary/aromatic N) is 1. The van der Waals surface area contributed by atoms with Crippen molar-refractivity contribution in [2.24, 2.45) is 5.92 Å². The lowest BCUT2D eigenvalue weighted by atomic mass is 9.92. The Bertz CT molecular complexity index is 505. The molecule has 5 heteroatoms. The van der Waals surface area contributed by atoms with Gasteiger partial charge in [-0.3, -0.25) is 0 Å². The van der Waals surface area contributed by atoms with Crippen LogP contribution in [0, 0.1) is 5.92 Å². The van der Waals surface area contributed by atoms with Crippen LogP contribution in [0.15, 0.2) is 18.2 Å². The number of ether oxygens (including phenoxy) is 1. The molecule has 1 heterocycles. The van der Waals surface area contributed by atoms with E-state index in [1.165, 1.54) is 12.8 Å². The molecule has 0 N–H and O–H groups in total. The first kappa shape index (κ1) is 18.0. The summed E-state index contributed by atoms with van der Waals surface area (Å²) in [5.74, 6) is 0.662. The number of piperidine rings is 1. The number of rotatable bonds is 5. The molecule has 1 fully saturated rings. The molecule has 0 bridgehead atoms. The van der Waals surface area contributed by atoms with Crippen molar-refractivity contribution in [3.63, 3.8) is 0 Å². The first-order valence-electron chi connectivity index (χ1n) is 8.44. The minimum Gasteiger partial charge on any atom is -0.405 e. The van der Waals surface area contributed by atoms with E-state index in [4.69, 9.17) is 0 Å². The second-order valence-corrected chi connectivity index (χ2v) is 6.64. The van der Waals surface area contributed by atoms with Gasteiger partial charge in [0.15, 0.2) is 0 Å². The fraction of sp³-hybridized carbons (Fsp3) is 0.667. The molecule has 1 aliphatic heterocycles. The standard InChI is InChI=1S/C18H26F3NO/c1-4-5-14-8-10-22(11-9-14)15-6-7-16(13(2)3)17(12-15)23-18(19,20)21/h6-7,12-14H,4-5,8-11H2,1-3H3. The molecule has 130 valence electrons. The molecule has 0 saturated carbocycles. The smallest absolute Gasteiger partial charge is 0.405 e. The summed E-state index contributed by atoms with van der Waals surface area (Å²) in [6.45, 7) is 7.73. The van der Waals surface area contributed by atoms with Crippen LogP contribution in [0.5, 0.6) is 5.75 Å². The van der Waals surface area contributed by atoms with Gasteiger partial charge in [0, 0.05) is 24.8 Å². The molecule has 1 aliphatic rings. The van der Waals surface area contributed by atoms with Gasteiger partial charge in [-0.2, -0.15) is 0 Å². The predicted molar refractivity (Wildman–Crippen MR) is 87.1 cm³/mol. The fourth-order valence-corrected chi connectivity index (χ4v) is 3.30. The third-order valence-electron chi connectivity index (χ3n) is 4.52. The van der Waals surface area contributed by atoms with E-state index in [0.717, 1.165) is 37.5 Å². The summed E-state index contributed by atoms with van der Waals surface area (Å²) >= 11 is 0. The maximum absolute atomic E-state index is 12.7. The van der Waals surface area contributed by atoms with Crippen LogP contribution in [0.4, 0.5) is 18.9 Å². The van der Waals surface area contributed by atoms with Crippen LogP contribution in [-0.2, 0) is 0 Å². The average molecular weight is 329 g/mol. The highest BCUT2D eigenvalue weighted by Crippen LogP contribution is 2.36. The van der Waals surface area contributed by atoms with E-state index < -0.39 is 6.36 Å². The third-order valence-corrected chi connectivity index (χ3v) is 4.52. The lowest BCUT2D eigenvalue weighted by Gasteiger charge is -2.34. The molecule has 1 aromatic carbocycles. The fourth-order valence-electron chi connectivity index (χ4n) is 3.30. The van der Waals surface area contributed by atoms with Crippen molar-refractivity contribution in [3.05, 3.63) is 23.8 Å². The molecule has 23 heavy (non-hydrogen) atoms. The monoisotopic (exact) mass is 329 g/mol. The molecule has 0 amide bonds. The summed E-state index contributed by atoms with van der Waals surface area (Å²) in [6.07, 6.45) is -0.0132. The first-order valence-corrected chi connectivity index (χ1v) is 8.44. The van der Waals surface area contributed by atoms with Crippen molar-refractivity contribution < 1.29 is 17.9 Å². The van der Waals surface area contributed by atoms with Crippen LogP contribution < -0.4 is 9.64 Å². The zero-order chi connectivity index (χ0) is 17.0. The average Bonchev–Trinajstić information content (AvgIpc) is 2.46. The summed E-state index contributed by atoms with van der Waals surface area (Å²) in [5.41, 5.74) is 1.41. The maximum atomic E-state index is 12.7. The van der Waals surface area contributed by atoms with Crippen molar-refractivity contribution in [3.8, 4) is 5.75 Å². The van der Waals surface area contributed by atoms with Gasteiger partial charge >= 0.3 is 6.36 Å². The van der Waals surface area contributed by atoms with E-state index in [1.54, 1.807) is 12.1 Å². The van der Waals surface area contributed by atoms with Gasteiger partial charge in [0.1, 0.15) is 5.75 Å². The number of alkyl halides is 3. The Labute approximate surface area is 136 Å². The molecular weight excluding hydrogens is 303 g/mol. The molecule has 0 unspecified atom stereocenters. The predicted octanol–water partition coefficient (Wildman–Crippen LogP) is 5.73. The van der Waals surface area contributed by atoms with Crippen LogP contribution in [0.2, 0.25) is 0 Å². The van der Waals surface area contributed by atoms with Crippen molar-refractivity contribution in [2.75, 3.05) is 18.0 Å². The molecular formula is C18H26F3NO. The molecule has 0 atom stereocenters. The van der Waals surface area contributed by atoms with Crippen LogP contribution in [0.25, 0.3) is 0 Å². The largest absolute Gasteiger partial charge is 0.573 e. The van der Waals surface area contributed by atoms with Crippen molar-refractivity contribution in [1.82, 2.24) is 0 Å². The highest BCUT2D eigenvalue weighted by Gasteiger charge is 2.33. The maximum Gasteiger partial charge on any atom is 0.573 e. The zero-order valence-electron chi connectivity index (χ0n) is 14.1. The van der Waals surface area contributed by atoms with Gasteiger partial charge in [-0.25, -0.2) is 0 Å². The van der Waals surface area contributed by atoms with Crippen molar-refractivity contribution in [1.29, 1.82) is 0 Å². The molecule has 0 aliphatic carbocycles. The Hall–Kier alpha value is -1.39. The number of hydrogen-bond donors (Lipinski definition) is 0. The van der Waals surface area contributed by atoms with Gasteiger partial charge in [-0.15, -0.1) is 13.2 Å². The summed E-state index contributed by atoms with van der Waals surface area (Å²) < 4.78 is 42.2. The van der Waals surface area contributed by atoms with E-state index in [9.17, 15) is 13.2 Å². The minimum absolute atomic E-state index is 0.0170. The van der Waals surface area contributed by atoms with E-state index in [1.807, 2.05) is 19.9 Å². The van der Waals surface area contributed by atoms with E-state index in [2.05, 4.69) is 16.6 Å². The summed E-state index contributed by atoms with van der Waals surface area (Å²) in [4.78, 5) is 2.17. The Kier molecular flexibility index (Phi) is 5.82. The second-order valence-electron chi connectivity index (χ2n) is 6.64. The van der Waals surface area contributed by atoms with Gasteiger partial charge in [-0.05, 0) is 36.3 Å². The SMILES string of the molecule is CCCC1CCN(c2ccc(C(C)C)c(OC(F)(F)F)c2)CC1. The van der Waals surface area contributed by atoms with E-state index in [-0.39, 0.29) is 11.7 Å². The van der Waals surface area contributed by atoms with Crippen LogP contribution in [0.3, 0.4) is 0 Å². The topological polar surface area (TPSA) is 12.5 Å². The summed E-state index contributed by atoms with van der Waals surface area (Å²) in [7, 11) is 0. The highest BCUT2D eigenvalue weighted by atomic mass is 19.4. The van der Waals surface area contributed by atoms with Crippen LogP contribution in [-0.4, -0.2) is 19.5 Å². The van der Waals surface area contributed by atoms with Gasteiger partial charge < -0.3 is 9.64 Å². The Morgan fingerprint density at radius 3 is 2.39 bits per heavy atom. The van der Waals surface area contributed by atoms with Gasteiger partial charge in [0.2, 0.25) is 0 Å². The van der Waals surface area contributed by atoms with Gasteiger partial charge in [-0.1, -0.05) is 39.7 Å². The quantitative estimate of drug-likeness (QED) is 0.684. The lowest BCUT2D eigenvalue weighted by molar-refractivity contribution is -0.274. The molecule has 0 aromatic heterocycles. The van der Waals surface area contributed by atoms with Crippen LogP contribution >= 0.6 is 0 Å². The second kappa shape index (κ2) is 7.45. The number of anilines is 1. The van der Waals surface area contributed by atoms with Crippen molar-refractivity contribution in [2.45, 2.75) is 58.7 Å². The van der Waals surface area contributed by atoms with Crippen LogP contribution in [0.1, 0.15) is 57.9 Å². The summed E-state index contributed by atoms with van der Waals surface area (Å²) in [5, 5.41) is 0. The van der Waals surface area contributed by atoms with E-state index in [0.29, 0.717) is 5.56 Å². The van der Waals surface area contributed by atoms with E-state index >= 15 is 0 Å². The van der Waals surface area contributed by atoms with Gasteiger partial charge in [0.05, 0.1) is 0 Å². The Morgan fingerprint density at radius 2 is 1.87 bits per heavy atom. The highest BCUT2D eigenvalue weighted by molar-refractivity contribution is 5.55. The molecule has 2 rings (SSSR count). The Morgan fingerprint density at radius 1 is 1.22 bits per heavy atom. The molecule has 0 spiro atoms. The van der Waals surface area contributed by atoms with Gasteiger partial charge in [0.25, 0.3) is 0 Å². The molecule has 1 saturated heterocycles. The lowest BCUT2D eigenvalue weighted by Crippen LogP contribution is -2.33.